The molecular weight excluding hydrogens is 493 g/mol. The van der Waals surface area contributed by atoms with Gasteiger partial charge in [0.15, 0.2) is 9.84 Å². The number of sulfonamides is 1. The minimum atomic E-state index is -4.66. The Kier molecular flexibility index (Phi) is 8.52. The number of hydrogen-bond donors (Lipinski definition) is 1. The maximum atomic E-state index is 13.3. The molecule has 1 aliphatic rings. The SMILES string of the molecule is CC(C)C[C@@H](NS(C)(=O)=O)C(=O)N1CCC(C(C)(C)S(=O)(=O)c2cccc(C(F)(F)F)c2)CC1. The molecule has 1 amide bonds. The fourth-order valence-corrected chi connectivity index (χ4v) is 6.84. The van der Waals surface area contributed by atoms with Gasteiger partial charge in [-0.25, -0.2) is 21.6 Å². The maximum absolute atomic E-state index is 13.3. The van der Waals surface area contributed by atoms with E-state index in [1.54, 1.807) is 0 Å². The first-order valence-corrected chi connectivity index (χ1v) is 14.4. The highest BCUT2D eigenvalue weighted by Crippen LogP contribution is 2.39. The standard InChI is InChI=1S/C22H33F3N2O5S2/c1-15(2)13-19(26-33(5,29)30)20(28)27-11-9-16(10-12-27)21(3,4)34(31,32)18-8-6-7-17(14-18)22(23,24)25/h6-8,14-16,19,26H,9-13H2,1-5H3/t19-/m1/s1. The van der Waals surface area contributed by atoms with Gasteiger partial charge in [-0.05, 0) is 63.1 Å². The monoisotopic (exact) mass is 526 g/mol. The molecule has 0 aliphatic carbocycles. The summed E-state index contributed by atoms with van der Waals surface area (Å²) < 4.78 is 90.3. The van der Waals surface area contributed by atoms with Crippen molar-refractivity contribution in [2.75, 3.05) is 19.3 Å². The fourth-order valence-electron chi connectivity index (χ4n) is 4.31. The Bertz CT molecular complexity index is 1090. The van der Waals surface area contributed by atoms with Gasteiger partial charge in [-0.15, -0.1) is 0 Å². The topological polar surface area (TPSA) is 101 Å². The Hall–Kier alpha value is -1.66. The highest BCUT2D eigenvalue weighted by Gasteiger charge is 2.45. The molecule has 194 valence electrons. The van der Waals surface area contributed by atoms with Crippen molar-refractivity contribution in [3.63, 3.8) is 0 Å². The van der Waals surface area contributed by atoms with Crippen molar-refractivity contribution >= 4 is 25.8 Å². The molecule has 1 N–H and O–H groups in total. The van der Waals surface area contributed by atoms with Gasteiger partial charge < -0.3 is 4.90 Å². The second kappa shape index (κ2) is 10.1. The molecule has 1 atom stereocenters. The normalized spacial score (nSPS) is 17.7. The second-order valence-corrected chi connectivity index (χ2v) is 14.1. The van der Waals surface area contributed by atoms with Crippen molar-refractivity contribution in [3.8, 4) is 0 Å². The lowest BCUT2D eigenvalue weighted by atomic mass is 9.85. The molecule has 34 heavy (non-hydrogen) atoms. The minimum Gasteiger partial charge on any atom is -0.341 e. The first kappa shape index (κ1) is 28.6. The third-order valence-corrected chi connectivity index (χ3v) is 9.62. The van der Waals surface area contributed by atoms with Crippen molar-refractivity contribution in [1.29, 1.82) is 0 Å². The number of hydrogen-bond acceptors (Lipinski definition) is 5. The fraction of sp³-hybridized carbons (Fsp3) is 0.682. The van der Waals surface area contributed by atoms with E-state index >= 15 is 0 Å². The molecule has 1 aliphatic heterocycles. The van der Waals surface area contributed by atoms with Crippen LogP contribution in [0.25, 0.3) is 0 Å². The summed E-state index contributed by atoms with van der Waals surface area (Å²) in [5.41, 5.74) is -1.03. The zero-order valence-electron chi connectivity index (χ0n) is 20.0. The Balaban J connectivity index is 2.19. The number of amides is 1. The maximum Gasteiger partial charge on any atom is 0.416 e. The van der Waals surface area contributed by atoms with Crippen molar-refractivity contribution in [1.82, 2.24) is 9.62 Å². The molecule has 0 unspecified atom stereocenters. The number of alkyl halides is 3. The zero-order chi connectivity index (χ0) is 26.1. The number of carbonyl (C=O) groups excluding carboxylic acids is 1. The number of rotatable bonds is 8. The van der Waals surface area contributed by atoms with Gasteiger partial charge in [0.2, 0.25) is 15.9 Å². The summed E-state index contributed by atoms with van der Waals surface area (Å²) in [5.74, 6) is -0.698. The van der Waals surface area contributed by atoms with E-state index in [0.717, 1.165) is 18.4 Å². The molecular formula is C22H33F3N2O5S2. The van der Waals surface area contributed by atoms with Gasteiger partial charge in [-0.2, -0.15) is 13.2 Å². The molecule has 2 rings (SSSR count). The van der Waals surface area contributed by atoms with Crippen molar-refractivity contribution < 1.29 is 34.8 Å². The predicted octanol–water partition coefficient (Wildman–Crippen LogP) is 3.46. The van der Waals surface area contributed by atoms with Gasteiger partial charge in [0.1, 0.15) is 6.04 Å². The number of nitrogens with one attached hydrogen (secondary N) is 1. The van der Waals surface area contributed by atoms with Crippen LogP contribution in [0.1, 0.15) is 52.5 Å². The van der Waals surface area contributed by atoms with E-state index in [-0.39, 0.29) is 29.8 Å². The molecule has 1 fully saturated rings. The Morgan fingerprint density at radius 1 is 1.12 bits per heavy atom. The lowest BCUT2D eigenvalue weighted by Crippen LogP contribution is -2.53. The zero-order valence-corrected chi connectivity index (χ0v) is 21.6. The summed E-state index contributed by atoms with van der Waals surface area (Å²) in [7, 11) is -7.72. The Morgan fingerprint density at radius 2 is 1.68 bits per heavy atom. The van der Waals surface area contributed by atoms with Crippen molar-refractivity contribution in [2.24, 2.45) is 11.8 Å². The molecule has 1 saturated heterocycles. The molecule has 1 aromatic rings. The molecule has 0 bridgehead atoms. The average molecular weight is 527 g/mol. The number of piperidine rings is 1. The van der Waals surface area contributed by atoms with Crippen LogP contribution in [0, 0.1) is 11.8 Å². The van der Waals surface area contributed by atoms with E-state index in [0.29, 0.717) is 25.3 Å². The quantitative estimate of drug-likeness (QED) is 0.559. The van der Waals surface area contributed by atoms with Crippen LogP contribution in [0.15, 0.2) is 29.2 Å². The van der Waals surface area contributed by atoms with Crippen LogP contribution in [0.4, 0.5) is 13.2 Å². The first-order chi connectivity index (χ1) is 15.4. The number of carbonyl (C=O) groups is 1. The van der Waals surface area contributed by atoms with Crippen LogP contribution in [0.2, 0.25) is 0 Å². The van der Waals surface area contributed by atoms with Gasteiger partial charge in [-0.3, -0.25) is 4.79 Å². The van der Waals surface area contributed by atoms with Crippen LogP contribution in [-0.2, 0) is 30.8 Å². The number of halogens is 3. The predicted molar refractivity (Wildman–Crippen MR) is 123 cm³/mol. The number of nitrogens with zero attached hydrogens (tertiary/aromatic N) is 1. The average Bonchev–Trinajstić information content (AvgIpc) is 2.71. The van der Waals surface area contributed by atoms with Crippen LogP contribution in [0.5, 0.6) is 0 Å². The lowest BCUT2D eigenvalue weighted by molar-refractivity contribution is -0.137. The Morgan fingerprint density at radius 3 is 2.15 bits per heavy atom. The molecule has 0 radical (unpaired) electrons. The van der Waals surface area contributed by atoms with Gasteiger partial charge in [0, 0.05) is 13.1 Å². The molecule has 1 heterocycles. The summed E-state index contributed by atoms with van der Waals surface area (Å²) in [4.78, 5) is 14.1. The third-order valence-electron chi connectivity index (χ3n) is 6.32. The van der Waals surface area contributed by atoms with E-state index in [1.165, 1.54) is 24.8 Å². The van der Waals surface area contributed by atoms with Crippen molar-refractivity contribution in [2.45, 2.75) is 68.8 Å². The molecule has 12 heteroatoms. The van der Waals surface area contributed by atoms with E-state index in [4.69, 9.17) is 0 Å². The van der Waals surface area contributed by atoms with Gasteiger partial charge in [-0.1, -0.05) is 19.9 Å². The van der Waals surface area contributed by atoms with Crippen LogP contribution >= 0.6 is 0 Å². The summed E-state index contributed by atoms with van der Waals surface area (Å²) in [6, 6.07) is 2.82. The highest BCUT2D eigenvalue weighted by molar-refractivity contribution is 7.92. The Labute approximate surface area is 200 Å². The van der Waals surface area contributed by atoms with E-state index in [2.05, 4.69) is 4.72 Å². The van der Waals surface area contributed by atoms with Crippen LogP contribution in [-0.4, -0.2) is 57.8 Å². The molecule has 1 aromatic carbocycles. The molecule has 0 spiro atoms. The third kappa shape index (κ3) is 6.72. The summed E-state index contributed by atoms with van der Waals surface area (Å²) in [5, 5.41) is 0. The highest BCUT2D eigenvalue weighted by atomic mass is 32.2. The van der Waals surface area contributed by atoms with Gasteiger partial charge in [0.25, 0.3) is 0 Å². The first-order valence-electron chi connectivity index (χ1n) is 11.0. The lowest BCUT2D eigenvalue weighted by Gasteiger charge is -2.41. The van der Waals surface area contributed by atoms with Crippen molar-refractivity contribution in [3.05, 3.63) is 29.8 Å². The smallest absolute Gasteiger partial charge is 0.341 e. The molecule has 0 saturated carbocycles. The number of sulfone groups is 1. The van der Waals surface area contributed by atoms with Gasteiger partial charge in [0.05, 0.1) is 21.5 Å². The van der Waals surface area contributed by atoms with Gasteiger partial charge >= 0.3 is 6.18 Å². The minimum absolute atomic E-state index is 0.0669. The number of benzene rings is 1. The van der Waals surface area contributed by atoms with Crippen LogP contribution < -0.4 is 4.72 Å². The summed E-state index contributed by atoms with van der Waals surface area (Å²) >= 11 is 0. The second-order valence-electron chi connectivity index (χ2n) is 9.80. The summed E-state index contributed by atoms with van der Waals surface area (Å²) in [6.45, 7) is 7.19. The number of likely N-dealkylation sites (tertiary alicyclic amines) is 1. The molecule has 7 nitrogen and oxygen atoms in total. The van der Waals surface area contributed by atoms with E-state index in [9.17, 15) is 34.8 Å². The van der Waals surface area contributed by atoms with E-state index < -0.39 is 48.3 Å². The van der Waals surface area contributed by atoms with Crippen LogP contribution in [0.3, 0.4) is 0 Å². The largest absolute Gasteiger partial charge is 0.416 e. The molecule has 0 aromatic heterocycles. The van der Waals surface area contributed by atoms with E-state index in [1.807, 2.05) is 13.8 Å². The summed E-state index contributed by atoms with van der Waals surface area (Å²) in [6.07, 6.45) is -2.70.